The van der Waals surface area contributed by atoms with Crippen LogP contribution in [-0.2, 0) is 13.1 Å². The number of pyridine rings is 2. The summed E-state index contributed by atoms with van der Waals surface area (Å²) < 4.78 is 7.21. The highest BCUT2D eigenvalue weighted by Gasteiger charge is 2.23. The van der Waals surface area contributed by atoms with Crippen LogP contribution in [0.2, 0.25) is 10.0 Å². The molecule has 5 aromatic rings. The van der Waals surface area contributed by atoms with Gasteiger partial charge < -0.3 is 14.9 Å². The molecule has 5 heterocycles. The van der Waals surface area contributed by atoms with Crippen molar-refractivity contribution in [3.8, 4) is 39.4 Å². The number of aliphatic hydroxyl groups excluding tert-OH is 2. The van der Waals surface area contributed by atoms with Crippen molar-refractivity contribution in [2.75, 3.05) is 33.3 Å². The second kappa shape index (κ2) is 13.4. The fraction of sp³-hybridized carbons (Fsp3) is 0.306. The molecule has 0 saturated carbocycles. The van der Waals surface area contributed by atoms with Crippen molar-refractivity contribution in [1.29, 1.82) is 0 Å². The minimum atomic E-state index is -0.347. The van der Waals surface area contributed by atoms with Crippen LogP contribution < -0.4 is 10.3 Å². The van der Waals surface area contributed by atoms with Gasteiger partial charge in [0.25, 0.3) is 5.56 Å². The van der Waals surface area contributed by atoms with Crippen molar-refractivity contribution in [3.63, 3.8) is 0 Å². The molecule has 0 radical (unpaired) electrons. The Morgan fingerprint density at radius 3 is 2.09 bits per heavy atom. The SMILES string of the molecule is COc1nc(-c2cccc(-c3cccc(-c4ccn5c(=O)c(CN6CCC(O)C6)cnc5c4)c3Cl)c2Cl)ccc1CN1CCC(O)C1. The molecular formula is C36H35Cl2N5O4. The molecule has 242 valence electrons. The first-order chi connectivity index (χ1) is 22.8. The normalized spacial score (nSPS) is 18.7. The standard InChI is InChI=1S/C36H35Cl2N5O4/c1-47-35-23(18-41-13-11-25(44)20-41)8-9-31(40-35)30-7-3-6-29(34(30)38)28-5-2-4-27(33(28)37)22-10-15-43-32(16-22)39-17-24(36(43)46)19-42-14-12-26(45)21-42/h2-10,15-17,25-26,44-45H,11-14,18-21H2,1H3. The summed E-state index contributed by atoms with van der Waals surface area (Å²) in [5.74, 6) is 0.524. The van der Waals surface area contributed by atoms with Crippen LogP contribution in [0.25, 0.3) is 39.2 Å². The summed E-state index contributed by atoms with van der Waals surface area (Å²) in [6.45, 7) is 3.89. The summed E-state index contributed by atoms with van der Waals surface area (Å²) >= 11 is 14.2. The molecule has 0 bridgehead atoms. The van der Waals surface area contributed by atoms with Crippen LogP contribution in [0.4, 0.5) is 0 Å². The average Bonchev–Trinajstić information content (AvgIpc) is 3.69. The Morgan fingerprint density at radius 1 is 0.830 bits per heavy atom. The van der Waals surface area contributed by atoms with Crippen LogP contribution in [0.5, 0.6) is 5.88 Å². The number of halogens is 2. The molecule has 11 heteroatoms. The lowest BCUT2D eigenvalue weighted by molar-refractivity contribution is 0.174. The Balaban J connectivity index is 1.18. The molecule has 2 N–H and O–H groups in total. The van der Waals surface area contributed by atoms with E-state index in [1.165, 1.54) is 0 Å². The van der Waals surface area contributed by atoms with Crippen molar-refractivity contribution in [1.82, 2.24) is 24.2 Å². The molecule has 2 saturated heterocycles. The third-order valence-corrected chi connectivity index (χ3v) is 9.89. The number of β-amino-alcohol motifs (C(OH)–C–C–N with tert-alkyl or cyclic N) is 2. The first-order valence-corrected chi connectivity index (χ1v) is 16.5. The van der Waals surface area contributed by atoms with Crippen molar-refractivity contribution >= 4 is 28.8 Å². The van der Waals surface area contributed by atoms with E-state index in [2.05, 4.69) is 14.8 Å². The maximum atomic E-state index is 13.3. The number of rotatable bonds is 8. The van der Waals surface area contributed by atoms with Gasteiger partial charge in [-0.3, -0.25) is 19.0 Å². The topological polar surface area (TPSA) is 103 Å². The van der Waals surface area contributed by atoms with Gasteiger partial charge in [-0.05, 0) is 36.6 Å². The van der Waals surface area contributed by atoms with Crippen molar-refractivity contribution in [2.24, 2.45) is 0 Å². The molecular weight excluding hydrogens is 637 g/mol. The number of methoxy groups -OCH3 is 1. The van der Waals surface area contributed by atoms with Gasteiger partial charge in [-0.1, -0.05) is 65.7 Å². The Kier molecular flexibility index (Phi) is 9.02. The highest BCUT2D eigenvalue weighted by molar-refractivity contribution is 6.39. The number of ether oxygens (including phenoxy) is 1. The molecule has 2 aliphatic heterocycles. The second-order valence-corrected chi connectivity index (χ2v) is 13.0. The fourth-order valence-electron chi connectivity index (χ4n) is 6.60. The van der Waals surface area contributed by atoms with Crippen molar-refractivity contribution in [3.05, 3.63) is 105 Å². The van der Waals surface area contributed by atoms with E-state index in [0.29, 0.717) is 65.4 Å². The van der Waals surface area contributed by atoms with Crippen LogP contribution in [0, 0.1) is 0 Å². The van der Waals surface area contributed by atoms with E-state index in [9.17, 15) is 15.0 Å². The van der Waals surface area contributed by atoms with Crippen LogP contribution in [0.15, 0.2) is 77.9 Å². The first-order valence-electron chi connectivity index (χ1n) is 15.7. The molecule has 2 atom stereocenters. The Labute approximate surface area is 282 Å². The monoisotopic (exact) mass is 671 g/mol. The van der Waals surface area contributed by atoms with Gasteiger partial charge in [0.1, 0.15) is 5.65 Å². The molecule has 2 unspecified atom stereocenters. The zero-order valence-corrected chi connectivity index (χ0v) is 27.5. The molecule has 2 aromatic carbocycles. The van der Waals surface area contributed by atoms with E-state index in [-0.39, 0.29) is 17.8 Å². The van der Waals surface area contributed by atoms with E-state index in [1.807, 2.05) is 60.7 Å². The number of likely N-dealkylation sites (tertiary alicyclic amines) is 2. The minimum absolute atomic E-state index is 0.125. The van der Waals surface area contributed by atoms with E-state index in [4.69, 9.17) is 32.9 Å². The summed E-state index contributed by atoms with van der Waals surface area (Å²) in [5, 5.41) is 20.8. The maximum Gasteiger partial charge on any atom is 0.262 e. The maximum absolute atomic E-state index is 13.3. The van der Waals surface area contributed by atoms with E-state index in [0.717, 1.165) is 52.9 Å². The summed E-state index contributed by atoms with van der Waals surface area (Å²) in [7, 11) is 1.61. The zero-order chi connectivity index (χ0) is 32.7. The third kappa shape index (κ3) is 6.39. The van der Waals surface area contributed by atoms with E-state index in [1.54, 1.807) is 23.9 Å². The fourth-order valence-corrected chi connectivity index (χ4v) is 7.26. The third-order valence-electron chi connectivity index (χ3n) is 9.07. The molecule has 7 rings (SSSR count). The van der Waals surface area contributed by atoms with E-state index < -0.39 is 0 Å². The molecule has 0 aliphatic carbocycles. The number of hydrogen-bond donors (Lipinski definition) is 2. The summed E-state index contributed by atoms with van der Waals surface area (Å²) in [6.07, 6.45) is 4.20. The molecule has 3 aromatic heterocycles. The van der Waals surface area contributed by atoms with Gasteiger partial charge in [-0.25, -0.2) is 9.97 Å². The van der Waals surface area contributed by atoms with Gasteiger partial charge in [0, 0.05) is 79.5 Å². The quantitative estimate of drug-likeness (QED) is 0.222. The van der Waals surface area contributed by atoms with E-state index >= 15 is 0 Å². The number of benzene rings is 2. The van der Waals surface area contributed by atoms with Crippen LogP contribution in [-0.4, -0.2) is 79.9 Å². The predicted molar refractivity (Wildman–Crippen MR) is 184 cm³/mol. The summed E-state index contributed by atoms with van der Waals surface area (Å²) in [4.78, 5) is 26.9. The zero-order valence-electron chi connectivity index (χ0n) is 25.9. The lowest BCUT2D eigenvalue weighted by atomic mass is 9.97. The summed E-state index contributed by atoms with van der Waals surface area (Å²) in [6, 6.07) is 19.3. The van der Waals surface area contributed by atoms with Gasteiger partial charge >= 0.3 is 0 Å². The van der Waals surface area contributed by atoms with Gasteiger partial charge in [0.2, 0.25) is 5.88 Å². The van der Waals surface area contributed by atoms with Gasteiger partial charge in [0.05, 0.1) is 40.6 Å². The van der Waals surface area contributed by atoms with Crippen LogP contribution in [0.1, 0.15) is 24.0 Å². The number of aliphatic hydroxyl groups is 2. The molecule has 0 amide bonds. The smallest absolute Gasteiger partial charge is 0.262 e. The molecule has 9 nitrogen and oxygen atoms in total. The number of aromatic nitrogens is 3. The lowest BCUT2D eigenvalue weighted by Gasteiger charge is -2.18. The second-order valence-electron chi connectivity index (χ2n) is 12.3. The molecule has 0 spiro atoms. The van der Waals surface area contributed by atoms with Gasteiger partial charge in [-0.2, -0.15) is 0 Å². The number of hydrogen-bond acceptors (Lipinski definition) is 8. The van der Waals surface area contributed by atoms with Crippen molar-refractivity contribution in [2.45, 2.75) is 38.1 Å². The van der Waals surface area contributed by atoms with Crippen LogP contribution >= 0.6 is 23.2 Å². The number of nitrogens with zero attached hydrogens (tertiary/aromatic N) is 5. The van der Waals surface area contributed by atoms with Gasteiger partial charge in [-0.15, -0.1) is 0 Å². The molecule has 47 heavy (non-hydrogen) atoms. The number of fused-ring (bicyclic) bond motifs is 1. The largest absolute Gasteiger partial charge is 0.481 e. The Morgan fingerprint density at radius 2 is 1.45 bits per heavy atom. The van der Waals surface area contributed by atoms with Gasteiger partial charge in [0.15, 0.2) is 0 Å². The highest BCUT2D eigenvalue weighted by atomic mass is 35.5. The predicted octanol–water partition coefficient (Wildman–Crippen LogP) is 5.54. The highest BCUT2D eigenvalue weighted by Crippen LogP contribution is 2.42. The molecule has 2 fully saturated rings. The van der Waals surface area contributed by atoms with Crippen LogP contribution in [0.3, 0.4) is 0 Å². The molecule has 2 aliphatic rings. The minimum Gasteiger partial charge on any atom is -0.481 e. The van der Waals surface area contributed by atoms with Crippen molar-refractivity contribution < 1.29 is 14.9 Å². The Hall–Kier alpha value is -3.83. The lowest BCUT2D eigenvalue weighted by Crippen LogP contribution is -2.27. The summed E-state index contributed by atoms with van der Waals surface area (Å²) in [5.41, 5.74) is 6.49. The Bertz CT molecular complexity index is 2020. The average molecular weight is 673 g/mol. The first kappa shape index (κ1) is 31.8.